The lowest BCUT2D eigenvalue weighted by atomic mass is 9.97. The van der Waals surface area contributed by atoms with E-state index in [0.29, 0.717) is 0 Å². The highest BCUT2D eigenvalue weighted by atomic mass is 32.1. The third-order valence-corrected chi connectivity index (χ3v) is 3.11. The van der Waals surface area contributed by atoms with E-state index in [4.69, 9.17) is 10.8 Å². The first-order valence-corrected chi connectivity index (χ1v) is 5.42. The number of aliphatic hydroxyl groups excluding tert-OH is 1. The van der Waals surface area contributed by atoms with Crippen LogP contribution >= 0.6 is 11.3 Å². The molecule has 0 spiro atoms. The molecule has 0 aromatic carbocycles. The highest BCUT2D eigenvalue weighted by molar-refractivity contribution is 7.10. The van der Waals surface area contributed by atoms with Crippen molar-refractivity contribution in [2.24, 2.45) is 5.73 Å². The summed E-state index contributed by atoms with van der Waals surface area (Å²) in [6, 6.07) is 2.13. The fourth-order valence-corrected chi connectivity index (χ4v) is 2.43. The Morgan fingerprint density at radius 3 is 2.85 bits per heavy atom. The summed E-state index contributed by atoms with van der Waals surface area (Å²) in [5, 5.41) is 11.1. The predicted molar refractivity (Wildman–Crippen MR) is 57.1 cm³/mol. The highest BCUT2D eigenvalue weighted by Gasteiger charge is 2.19. The van der Waals surface area contributed by atoms with Crippen LogP contribution in [-0.2, 0) is 12.8 Å². The summed E-state index contributed by atoms with van der Waals surface area (Å²) in [7, 11) is 0. The molecule has 0 bridgehead atoms. The van der Waals surface area contributed by atoms with Crippen LogP contribution in [-0.4, -0.2) is 17.3 Å². The van der Waals surface area contributed by atoms with E-state index in [2.05, 4.69) is 18.4 Å². The normalized spacial score (nSPS) is 15.7. The molecule has 2 nitrogen and oxygen atoms in total. The van der Waals surface area contributed by atoms with E-state index in [-0.39, 0.29) is 6.61 Å². The molecule has 0 radical (unpaired) electrons. The molecule has 1 aromatic heterocycles. The van der Waals surface area contributed by atoms with E-state index in [1.54, 1.807) is 11.3 Å². The summed E-state index contributed by atoms with van der Waals surface area (Å²) in [4.78, 5) is 1.31. The second-order valence-corrected chi connectivity index (χ2v) is 4.71. The van der Waals surface area contributed by atoms with Crippen molar-refractivity contribution in [2.45, 2.75) is 32.2 Å². The average molecular weight is 199 g/mol. The lowest BCUT2D eigenvalue weighted by molar-refractivity contribution is 0.208. The van der Waals surface area contributed by atoms with Crippen LogP contribution < -0.4 is 5.73 Å². The maximum absolute atomic E-state index is 9.04. The lowest BCUT2D eigenvalue weighted by Gasteiger charge is -2.21. The molecule has 3 heteroatoms. The van der Waals surface area contributed by atoms with Crippen molar-refractivity contribution in [2.75, 3.05) is 6.61 Å². The number of thiophene rings is 1. The molecule has 74 valence electrons. The Labute approximate surface area is 83.4 Å². The van der Waals surface area contributed by atoms with Gasteiger partial charge in [0.25, 0.3) is 0 Å². The Balaban J connectivity index is 2.73. The van der Waals surface area contributed by atoms with Gasteiger partial charge in [0.15, 0.2) is 0 Å². The van der Waals surface area contributed by atoms with Crippen LogP contribution in [0, 0.1) is 0 Å². The molecule has 0 aliphatic heterocycles. The number of hydrogen-bond donors (Lipinski definition) is 2. The minimum Gasteiger partial charge on any atom is -0.394 e. The maximum atomic E-state index is 9.04. The molecule has 1 aromatic rings. The maximum Gasteiger partial charge on any atom is 0.0612 e. The Morgan fingerprint density at radius 2 is 2.31 bits per heavy atom. The van der Waals surface area contributed by atoms with E-state index >= 15 is 0 Å². The van der Waals surface area contributed by atoms with Crippen molar-refractivity contribution in [3.05, 3.63) is 21.9 Å². The summed E-state index contributed by atoms with van der Waals surface area (Å²) in [6.45, 7) is 4.05. The second kappa shape index (κ2) is 4.22. The molecule has 0 aliphatic carbocycles. The van der Waals surface area contributed by atoms with Gasteiger partial charge in [0.05, 0.1) is 6.61 Å². The zero-order chi connectivity index (χ0) is 9.90. The van der Waals surface area contributed by atoms with Crippen molar-refractivity contribution in [3.8, 4) is 0 Å². The molecule has 0 aliphatic rings. The molecule has 1 heterocycles. The molecule has 13 heavy (non-hydrogen) atoms. The van der Waals surface area contributed by atoms with Gasteiger partial charge in [0.2, 0.25) is 0 Å². The predicted octanol–water partition coefficient (Wildman–Crippen LogP) is 1.56. The van der Waals surface area contributed by atoms with Gasteiger partial charge in [-0.25, -0.2) is 0 Å². The van der Waals surface area contributed by atoms with Gasteiger partial charge in [0.1, 0.15) is 0 Å². The van der Waals surface area contributed by atoms with Gasteiger partial charge >= 0.3 is 0 Å². The fourth-order valence-electron chi connectivity index (χ4n) is 1.26. The van der Waals surface area contributed by atoms with E-state index in [1.165, 1.54) is 10.4 Å². The summed E-state index contributed by atoms with van der Waals surface area (Å²) in [5.74, 6) is 0. The largest absolute Gasteiger partial charge is 0.394 e. The number of nitrogens with two attached hydrogens (primary N) is 1. The average Bonchev–Trinajstić information content (AvgIpc) is 2.51. The Kier molecular flexibility index (Phi) is 3.47. The van der Waals surface area contributed by atoms with Crippen molar-refractivity contribution in [1.29, 1.82) is 0 Å². The Hall–Kier alpha value is -0.380. The van der Waals surface area contributed by atoms with Crippen LogP contribution in [0.25, 0.3) is 0 Å². The standard InChI is InChI=1S/C10H17NOS/c1-3-8-4-5-13-9(8)6-10(2,11)7-12/h4-5,12H,3,6-7,11H2,1-2H3. The Bertz CT molecular complexity index is 268. The smallest absolute Gasteiger partial charge is 0.0612 e. The summed E-state index contributed by atoms with van der Waals surface area (Å²) in [5.41, 5.74) is 6.77. The first-order valence-electron chi connectivity index (χ1n) is 4.54. The first kappa shape index (κ1) is 10.7. The number of hydrogen-bond acceptors (Lipinski definition) is 3. The van der Waals surface area contributed by atoms with Crippen molar-refractivity contribution in [3.63, 3.8) is 0 Å². The van der Waals surface area contributed by atoms with Gasteiger partial charge < -0.3 is 10.8 Å². The minimum atomic E-state index is -0.477. The van der Waals surface area contributed by atoms with Gasteiger partial charge in [0, 0.05) is 16.8 Å². The minimum absolute atomic E-state index is 0.0358. The molecule has 1 atom stereocenters. The van der Waals surface area contributed by atoms with Gasteiger partial charge in [-0.3, -0.25) is 0 Å². The van der Waals surface area contributed by atoms with E-state index < -0.39 is 5.54 Å². The molecular weight excluding hydrogens is 182 g/mol. The SMILES string of the molecule is CCc1ccsc1CC(C)(N)CO. The molecule has 1 unspecified atom stereocenters. The summed E-state index contributed by atoms with van der Waals surface area (Å²) in [6.07, 6.45) is 1.81. The van der Waals surface area contributed by atoms with Gasteiger partial charge in [-0.15, -0.1) is 11.3 Å². The van der Waals surface area contributed by atoms with Gasteiger partial charge in [-0.1, -0.05) is 6.92 Å². The van der Waals surface area contributed by atoms with Crippen molar-refractivity contribution in [1.82, 2.24) is 0 Å². The van der Waals surface area contributed by atoms with Crippen LogP contribution in [0.2, 0.25) is 0 Å². The van der Waals surface area contributed by atoms with Gasteiger partial charge in [-0.2, -0.15) is 0 Å². The highest BCUT2D eigenvalue weighted by Crippen LogP contribution is 2.21. The van der Waals surface area contributed by atoms with Crippen LogP contribution in [0.3, 0.4) is 0 Å². The first-order chi connectivity index (χ1) is 6.09. The van der Waals surface area contributed by atoms with Crippen LogP contribution in [0.4, 0.5) is 0 Å². The summed E-state index contributed by atoms with van der Waals surface area (Å²) >= 11 is 1.73. The third kappa shape index (κ3) is 2.79. The summed E-state index contributed by atoms with van der Waals surface area (Å²) < 4.78 is 0. The molecule has 3 N–H and O–H groups in total. The van der Waals surface area contributed by atoms with Crippen molar-refractivity contribution >= 4 is 11.3 Å². The second-order valence-electron chi connectivity index (χ2n) is 3.71. The number of aliphatic hydroxyl groups is 1. The molecule has 0 saturated carbocycles. The topological polar surface area (TPSA) is 46.2 Å². The Morgan fingerprint density at radius 1 is 1.62 bits per heavy atom. The number of rotatable bonds is 4. The van der Waals surface area contributed by atoms with Gasteiger partial charge in [-0.05, 0) is 30.4 Å². The van der Waals surface area contributed by atoms with Crippen molar-refractivity contribution < 1.29 is 5.11 Å². The van der Waals surface area contributed by atoms with Crippen LogP contribution in [0.5, 0.6) is 0 Å². The quantitative estimate of drug-likeness (QED) is 0.773. The molecule has 0 saturated heterocycles. The molecule has 0 amide bonds. The zero-order valence-electron chi connectivity index (χ0n) is 8.21. The molecular formula is C10H17NOS. The fraction of sp³-hybridized carbons (Fsp3) is 0.600. The monoisotopic (exact) mass is 199 g/mol. The van der Waals surface area contributed by atoms with E-state index in [9.17, 15) is 0 Å². The lowest BCUT2D eigenvalue weighted by Crippen LogP contribution is -2.42. The number of aryl methyl sites for hydroxylation is 1. The molecule has 1 rings (SSSR count). The van der Waals surface area contributed by atoms with Crippen LogP contribution in [0.15, 0.2) is 11.4 Å². The van der Waals surface area contributed by atoms with E-state index in [0.717, 1.165) is 12.8 Å². The van der Waals surface area contributed by atoms with E-state index in [1.807, 2.05) is 6.92 Å². The molecule has 0 fully saturated rings. The third-order valence-electron chi connectivity index (χ3n) is 2.14. The van der Waals surface area contributed by atoms with Crippen LogP contribution in [0.1, 0.15) is 24.3 Å². The zero-order valence-corrected chi connectivity index (χ0v) is 9.03.